The lowest BCUT2D eigenvalue weighted by atomic mass is 10.1. The van der Waals surface area contributed by atoms with Gasteiger partial charge in [0.25, 0.3) is 5.56 Å². The van der Waals surface area contributed by atoms with E-state index in [0.29, 0.717) is 29.6 Å². The number of rotatable bonds is 2. The molecule has 1 aliphatic carbocycles. The maximum Gasteiger partial charge on any atom is 0.417 e. The van der Waals surface area contributed by atoms with Crippen LogP contribution in [-0.4, -0.2) is 24.7 Å². The molecule has 3 heterocycles. The van der Waals surface area contributed by atoms with Crippen molar-refractivity contribution in [1.29, 1.82) is 0 Å². The van der Waals surface area contributed by atoms with Gasteiger partial charge < -0.3 is 4.98 Å². The van der Waals surface area contributed by atoms with Gasteiger partial charge in [0, 0.05) is 6.20 Å². The number of alkyl halides is 3. The average molecular weight is 356 g/mol. The minimum Gasteiger partial charge on any atom is -0.312 e. The van der Waals surface area contributed by atoms with E-state index < -0.39 is 17.3 Å². The first kappa shape index (κ1) is 15.1. The van der Waals surface area contributed by atoms with Crippen molar-refractivity contribution in [3.8, 4) is 0 Å². The molecule has 124 valence electrons. The molecule has 0 saturated heterocycles. The molecule has 3 aromatic rings. The molecular weight excluding hydrogens is 347 g/mol. The molecule has 10 heteroatoms. The standard InChI is InChI=1S/C14H9ClF3N5O/c15-9-3-7(14(16,17)18)4-19-10(9)13(1-2-13)23-11-8(5-22-23)12(24)21-6-20-11/h3-6H,1-2H2,(H,20,21,24). The van der Waals surface area contributed by atoms with E-state index in [0.717, 1.165) is 12.3 Å². The Balaban J connectivity index is 1.87. The highest BCUT2D eigenvalue weighted by atomic mass is 35.5. The molecule has 6 nitrogen and oxygen atoms in total. The summed E-state index contributed by atoms with van der Waals surface area (Å²) in [4.78, 5) is 22.3. The van der Waals surface area contributed by atoms with Gasteiger partial charge in [0.15, 0.2) is 5.65 Å². The largest absolute Gasteiger partial charge is 0.417 e. The second-order valence-corrected chi connectivity index (χ2v) is 6.02. The van der Waals surface area contributed by atoms with E-state index in [1.807, 2.05) is 0 Å². The minimum atomic E-state index is -4.51. The zero-order valence-corrected chi connectivity index (χ0v) is 12.7. The summed E-state index contributed by atoms with van der Waals surface area (Å²) >= 11 is 6.07. The first-order valence-corrected chi connectivity index (χ1v) is 7.36. The summed E-state index contributed by atoms with van der Waals surface area (Å²) < 4.78 is 39.8. The average Bonchev–Trinajstić information content (AvgIpc) is 3.18. The molecule has 0 atom stereocenters. The predicted octanol–water partition coefficient (Wildman–Crippen LogP) is 2.72. The van der Waals surface area contributed by atoms with Crippen LogP contribution >= 0.6 is 11.6 Å². The van der Waals surface area contributed by atoms with Gasteiger partial charge >= 0.3 is 6.18 Å². The number of hydrogen-bond acceptors (Lipinski definition) is 4. The van der Waals surface area contributed by atoms with Crippen molar-refractivity contribution in [3.63, 3.8) is 0 Å². The van der Waals surface area contributed by atoms with E-state index in [1.165, 1.54) is 17.2 Å². The van der Waals surface area contributed by atoms with E-state index in [2.05, 4.69) is 20.1 Å². The first-order chi connectivity index (χ1) is 11.3. The molecule has 0 unspecified atom stereocenters. The third-order valence-electron chi connectivity index (χ3n) is 4.11. The summed E-state index contributed by atoms with van der Waals surface area (Å²) in [5.74, 6) is 0. The number of nitrogens with one attached hydrogen (secondary N) is 1. The highest BCUT2D eigenvalue weighted by Gasteiger charge is 2.51. The van der Waals surface area contributed by atoms with Crippen molar-refractivity contribution in [3.05, 3.63) is 51.4 Å². The fourth-order valence-corrected chi connectivity index (χ4v) is 3.11. The van der Waals surface area contributed by atoms with Crippen LogP contribution < -0.4 is 5.56 Å². The summed E-state index contributed by atoms with van der Waals surface area (Å²) in [6, 6.07) is 0.857. The smallest absolute Gasteiger partial charge is 0.312 e. The Labute approximate surface area is 137 Å². The molecule has 0 spiro atoms. The van der Waals surface area contributed by atoms with Crippen LogP contribution in [-0.2, 0) is 11.7 Å². The van der Waals surface area contributed by atoms with E-state index >= 15 is 0 Å². The second kappa shape index (κ2) is 4.79. The number of H-pyrrole nitrogens is 1. The quantitative estimate of drug-likeness (QED) is 0.767. The number of fused-ring (bicyclic) bond motifs is 1. The van der Waals surface area contributed by atoms with Gasteiger partial charge in [0.05, 0.1) is 28.8 Å². The Hall–Kier alpha value is -2.42. The van der Waals surface area contributed by atoms with Crippen molar-refractivity contribution < 1.29 is 13.2 Å². The maximum absolute atomic E-state index is 12.8. The van der Waals surface area contributed by atoms with Gasteiger partial charge in [-0.2, -0.15) is 18.3 Å². The number of nitrogens with zero attached hydrogens (tertiary/aromatic N) is 4. The first-order valence-electron chi connectivity index (χ1n) is 6.98. The van der Waals surface area contributed by atoms with Crippen molar-refractivity contribution in [2.75, 3.05) is 0 Å². The number of halogens is 4. The van der Waals surface area contributed by atoms with Crippen LogP contribution in [0.3, 0.4) is 0 Å². The Morgan fingerprint density at radius 3 is 2.62 bits per heavy atom. The highest BCUT2D eigenvalue weighted by Crippen LogP contribution is 2.51. The lowest BCUT2D eigenvalue weighted by molar-refractivity contribution is -0.137. The van der Waals surface area contributed by atoms with Crippen molar-refractivity contribution >= 4 is 22.6 Å². The summed E-state index contributed by atoms with van der Waals surface area (Å²) in [6.45, 7) is 0. The van der Waals surface area contributed by atoms with E-state index in [4.69, 9.17) is 11.6 Å². The van der Waals surface area contributed by atoms with Gasteiger partial charge in [-0.25, -0.2) is 9.67 Å². The molecule has 0 bridgehead atoms. The van der Waals surface area contributed by atoms with Gasteiger partial charge in [-0.3, -0.25) is 9.78 Å². The number of aromatic nitrogens is 5. The van der Waals surface area contributed by atoms with E-state index in [1.54, 1.807) is 0 Å². The van der Waals surface area contributed by atoms with Gasteiger partial charge in [-0.05, 0) is 18.9 Å². The number of aromatic amines is 1. The molecule has 1 saturated carbocycles. The van der Waals surface area contributed by atoms with Crippen molar-refractivity contribution in [2.45, 2.75) is 24.6 Å². The van der Waals surface area contributed by atoms with Crippen LogP contribution in [0.4, 0.5) is 13.2 Å². The SMILES string of the molecule is O=c1[nH]cnc2c1cnn2C1(c2ncc(C(F)(F)F)cc2Cl)CC1. The summed E-state index contributed by atoms with van der Waals surface area (Å²) in [6.07, 6.45) is 0.0545. The van der Waals surface area contributed by atoms with Gasteiger partial charge in [-0.1, -0.05) is 11.6 Å². The molecule has 1 N–H and O–H groups in total. The van der Waals surface area contributed by atoms with Gasteiger partial charge in [-0.15, -0.1) is 0 Å². The Morgan fingerprint density at radius 1 is 1.25 bits per heavy atom. The maximum atomic E-state index is 12.8. The predicted molar refractivity (Wildman–Crippen MR) is 78.7 cm³/mol. The molecular formula is C14H9ClF3N5O. The molecule has 4 rings (SSSR count). The lowest BCUT2D eigenvalue weighted by Crippen LogP contribution is -2.23. The zero-order chi connectivity index (χ0) is 17.1. The van der Waals surface area contributed by atoms with Gasteiger partial charge in [0.1, 0.15) is 10.9 Å². The van der Waals surface area contributed by atoms with E-state index in [-0.39, 0.29) is 10.6 Å². The fraction of sp³-hybridized carbons (Fsp3) is 0.286. The summed E-state index contributed by atoms with van der Waals surface area (Å²) in [7, 11) is 0. The Morgan fingerprint density at radius 2 is 2.00 bits per heavy atom. The van der Waals surface area contributed by atoms with Crippen LogP contribution in [0.15, 0.2) is 29.6 Å². The van der Waals surface area contributed by atoms with E-state index in [9.17, 15) is 18.0 Å². The summed E-state index contributed by atoms with van der Waals surface area (Å²) in [5, 5.41) is 4.40. The van der Waals surface area contributed by atoms with Crippen LogP contribution in [0, 0.1) is 0 Å². The normalized spacial score (nSPS) is 16.5. The topological polar surface area (TPSA) is 76.5 Å². The zero-order valence-electron chi connectivity index (χ0n) is 11.9. The van der Waals surface area contributed by atoms with Crippen LogP contribution in [0.5, 0.6) is 0 Å². The second-order valence-electron chi connectivity index (χ2n) is 5.61. The molecule has 0 aromatic carbocycles. The Kier molecular flexibility index (Phi) is 3.02. The molecule has 0 radical (unpaired) electrons. The lowest BCUT2D eigenvalue weighted by Gasteiger charge is -2.18. The number of hydrogen-bond donors (Lipinski definition) is 1. The molecule has 0 amide bonds. The number of pyridine rings is 1. The third-order valence-corrected chi connectivity index (χ3v) is 4.40. The molecule has 3 aromatic heterocycles. The minimum absolute atomic E-state index is 0.0872. The van der Waals surface area contributed by atoms with Crippen LogP contribution in [0.2, 0.25) is 5.02 Å². The molecule has 0 aliphatic heterocycles. The molecule has 1 fully saturated rings. The summed E-state index contributed by atoms with van der Waals surface area (Å²) in [5.41, 5.74) is -1.39. The highest BCUT2D eigenvalue weighted by molar-refractivity contribution is 6.31. The molecule has 1 aliphatic rings. The Bertz CT molecular complexity index is 1010. The molecule has 24 heavy (non-hydrogen) atoms. The van der Waals surface area contributed by atoms with Crippen molar-refractivity contribution in [1.82, 2.24) is 24.7 Å². The van der Waals surface area contributed by atoms with Crippen molar-refractivity contribution in [2.24, 2.45) is 0 Å². The van der Waals surface area contributed by atoms with Crippen LogP contribution in [0.25, 0.3) is 11.0 Å². The fourth-order valence-electron chi connectivity index (χ4n) is 2.77. The monoisotopic (exact) mass is 355 g/mol. The van der Waals surface area contributed by atoms with Crippen LogP contribution in [0.1, 0.15) is 24.1 Å². The third kappa shape index (κ3) is 2.11. The van der Waals surface area contributed by atoms with Gasteiger partial charge in [0.2, 0.25) is 0 Å².